The molecule has 0 spiro atoms. The molecule has 18 heavy (non-hydrogen) atoms. The molecule has 0 aromatic heterocycles. The van der Waals surface area contributed by atoms with E-state index in [4.69, 9.17) is 16.7 Å². The molecule has 0 radical (unpaired) electrons. The highest BCUT2D eigenvalue weighted by molar-refractivity contribution is 6.30. The van der Waals surface area contributed by atoms with Crippen molar-refractivity contribution in [3.63, 3.8) is 0 Å². The zero-order valence-electron chi connectivity index (χ0n) is 9.54. The van der Waals surface area contributed by atoms with E-state index in [1.165, 1.54) is 12.1 Å². The molecule has 1 aliphatic heterocycles. The number of nitrogens with zero attached hydrogens (tertiary/aromatic N) is 1. The summed E-state index contributed by atoms with van der Waals surface area (Å²) in [6.07, 6.45) is -3.71. The van der Waals surface area contributed by atoms with Crippen LogP contribution in [0.25, 0.3) is 0 Å². The van der Waals surface area contributed by atoms with Gasteiger partial charge in [0.1, 0.15) is 0 Å². The monoisotopic (exact) mass is 279 g/mol. The van der Waals surface area contributed by atoms with Crippen LogP contribution in [0.4, 0.5) is 18.9 Å². The summed E-state index contributed by atoms with van der Waals surface area (Å²) in [5, 5.41) is 9.11. The second-order valence-corrected chi connectivity index (χ2v) is 4.88. The van der Waals surface area contributed by atoms with Gasteiger partial charge in [0.2, 0.25) is 0 Å². The largest absolute Gasteiger partial charge is 0.418 e. The average molecular weight is 280 g/mol. The lowest BCUT2D eigenvalue weighted by molar-refractivity contribution is -0.137. The molecule has 1 fully saturated rings. The molecule has 1 saturated heterocycles. The SMILES string of the molecule is OCC1CCN(c2ccc(Cl)cc2C(F)(F)F)C1. The first-order valence-electron chi connectivity index (χ1n) is 5.64. The van der Waals surface area contributed by atoms with Crippen LogP contribution in [0.1, 0.15) is 12.0 Å². The van der Waals surface area contributed by atoms with E-state index >= 15 is 0 Å². The van der Waals surface area contributed by atoms with E-state index < -0.39 is 11.7 Å². The molecule has 1 heterocycles. The maximum absolute atomic E-state index is 12.9. The highest BCUT2D eigenvalue weighted by Gasteiger charge is 2.36. The van der Waals surface area contributed by atoms with Crippen molar-refractivity contribution in [2.45, 2.75) is 12.6 Å². The van der Waals surface area contributed by atoms with Crippen molar-refractivity contribution in [3.05, 3.63) is 28.8 Å². The Morgan fingerprint density at radius 3 is 2.67 bits per heavy atom. The van der Waals surface area contributed by atoms with Crippen molar-refractivity contribution in [2.75, 3.05) is 24.6 Å². The molecule has 1 aromatic rings. The van der Waals surface area contributed by atoms with E-state index in [-0.39, 0.29) is 23.2 Å². The third-order valence-electron chi connectivity index (χ3n) is 3.15. The van der Waals surface area contributed by atoms with Crippen molar-refractivity contribution in [2.24, 2.45) is 5.92 Å². The van der Waals surface area contributed by atoms with Crippen LogP contribution in [0.15, 0.2) is 18.2 Å². The van der Waals surface area contributed by atoms with Crippen LogP contribution in [0.3, 0.4) is 0 Å². The van der Waals surface area contributed by atoms with Gasteiger partial charge in [-0.15, -0.1) is 0 Å². The van der Waals surface area contributed by atoms with Crippen molar-refractivity contribution in [1.29, 1.82) is 0 Å². The first-order chi connectivity index (χ1) is 8.41. The second-order valence-electron chi connectivity index (χ2n) is 4.44. The summed E-state index contributed by atoms with van der Waals surface area (Å²) in [5.74, 6) is 0.0433. The summed E-state index contributed by atoms with van der Waals surface area (Å²) in [7, 11) is 0. The lowest BCUT2D eigenvalue weighted by Gasteiger charge is -2.23. The maximum Gasteiger partial charge on any atom is 0.418 e. The summed E-state index contributed by atoms with van der Waals surface area (Å²) in [4.78, 5) is 1.65. The molecule has 2 rings (SSSR count). The number of aliphatic hydroxyl groups is 1. The maximum atomic E-state index is 12.9. The second kappa shape index (κ2) is 4.97. The highest BCUT2D eigenvalue weighted by atomic mass is 35.5. The van der Waals surface area contributed by atoms with Crippen molar-refractivity contribution >= 4 is 17.3 Å². The minimum Gasteiger partial charge on any atom is -0.396 e. The third kappa shape index (κ3) is 2.72. The van der Waals surface area contributed by atoms with Crippen LogP contribution in [0.2, 0.25) is 5.02 Å². The average Bonchev–Trinajstić information content (AvgIpc) is 2.76. The lowest BCUT2D eigenvalue weighted by atomic mass is 10.1. The number of aliphatic hydroxyl groups excluding tert-OH is 1. The zero-order valence-corrected chi connectivity index (χ0v) is 10.3. The van der Waals surface area contributed by atoms with Crippen LogP contribution in [0.5, 0.6) is 0 Å². The smallest absolute Gasteiger partial charge is 0.396 e. The molecule has 1 aliphatic rings. The normalized spacial score (nSPS) is 20.5. The minimum atomic E-state index is -4.42. The summed E-state index contributed by atoms with van der Waals surface area (Å²) < 4.78 is 38.8. The predicted molar refractivity (Wildman–Crippen MR) is 63.9 cm³/mol. The standard InChI is InChI=1S/C12H13ClF3NO/c13-9-1-2-11(10(5-9)12(14,15)16)17-4-3-8(6-17)7-18/h1-2,5,8,18H,3-4,6-7H2. The van der Waals surface area contributed by atoms with Gasteiger partial charge < -0.3 is 10.0 Å². The molecule has 6 heteroatoms. The van der Waals surface area contributed by atoms with Gasteiger partial charge in [-0.3, -0.25) is 0 Å². The van der Waals surface area contributed by atoms with E-state index in [9.17, 15) is 13.2 Å². The molecule has 0 aliphatic carbocycles. The molecule has 2 nitrogen and oxygen atoms in total. The fourth-order valence-corrected chi connectivity index (χ4v) is 2.38. The fraction of sp³-hybridized carbons (Fsp3) is 0.500. The molecule has 0 amide bonds. The Labute approximate surface area is 108 Å². The van der Waals surface area contributed by atoms with Crippen molar-refractivity contribution in [3.8, 4) is 0 Å². The Balaban J connectivity index is 2.33. The Hall–Kier alpha value is -0.940. The van der Waals surface area contributed by atoms with Gasteiger partial charge in [-0.1, -0.05) is 11.6 Å². The molecule has 1 unspecified atom stereocenters. The van der Waals surface area contributed by atoms with Crippen LogP contribution in [-0.4, -0.2) is 24.8 Å². The molecule has 1 atom stereocenters. The lowest BCUT2D eigenvalue weighted by Crippen LogP contribution is -2.24. The Kier molecular flexibility index (Phi) is 3.73. The van der Waals surface area contributed by atoms with Gasteiger partial charge >= 0.3 is 6.18 Å². The molecule has 100 valence electrons. The number of hydrogen-bond donors (Lipinski definition) is 1. The number of rotatable bonds is 2. The Morgan fingerprint density at radius 1 is 1.39 bits per heavy atom. The number of hydrogen-bond acceptors (Lipinski definition) is 2. The Bertz CT molecular complexity index is 436. The van der Waals surface area contributed by atoms with Crippen LogP contribution in [-0.2, 0) is 6.18 Å². The van der Waals surface area contributed by atoms with Gasteiger partial charge in [-0.05, 0) is 24.6 Å². The molecular formula is C12H13ClF3NO. The van der Waals surface area contributed by atoms with E-state index in [1.54, 1.807) is 4.90 Å². The molecule has 0 saturated carbocycles. The molecule has 1 N–H and O–H groups in total. The first-order valence-corrected chi connectivity index (χ1v) is 6.02. The Morgan fingerprint density at radius 2 is 2.11 bits per heavy atom. The van der Waals surface area contributed by atoms with Gasteiger partial charge in [-0.25, -0.2) is 0 Å². The van der Waals surface area contributed by atoms with Crippen molar-refractivity contribution < 1.29 is 18.3 Å². The fourth-order valence-electron chi connectivity index (χ4n) is 2.21. The van der Waals surface area contributed by atoms with E-state index in [0.717, 1.165) is 6.07 Å². The first kappa shape index (κ1) is 13.5. The number of benzene rings is 1. The topological polar surface area (TPSA) is 23.5 Å². The van der Waals surface area contributed by atoms with Gasteiger partial charge in [-0.2, -0.15) is 13.2 Å². The predicted octanol–water partition coefficient (Wildman–Crippen LogP) is 3.18. The van der Waals surface area contributed by atoms with Crippen LogP contribution < -0.4 is 4.90 Å². The molecule has 1 aromatic carbocycles. The van der Waals surface area contributed by atoms with Crippen LogP contribution >= 0.6 is 11.6 Å². The highest BCUT2D eigenvalue weighted by Crippen LogP contribution is 2.39. The van der Waals surface area contributed by atoms with E-state index in [0.29, 0.717) is 19.5 Å². The third-order valence-corrected chi connectivity index (χ3v) is 3.38. The van der Waals surface area contributed by atoms with E-state index in [1.807, 2.05) is 0 Å². The van der Waals surface area contributed by atoms with Gasteiger partial charge in [0, 0.05) is 36.3 Å². The number of anilines is 1. The van der Waals surface area contributed by atoms with Gasteiger partial charge in [0.25, 0.3) is 0 Å². The summed E-state index contributed by atoms with van der Waals surface area (Å²) in [6.45, 7) is 0.975. The van der Waals surface area contributed by atoms with Crippen molar-refractivity contribution in [1.82, 2.24) is 0 Å². The zero-order chi connectivity index (χ0) is 13.3. The molecular weight excluding hydrogens is 267 g/mol. The summed E-state index contributed by atoms with van der Waals surface area (Å²) in [6, 6.07) is 3.80. The van der Waals surface area contributed by atoms with Gasteiger partial charge in [0.15, 0.2) is 0 Å². The summed E-state index contributed by atoms with van der Waals surface area (Å²) in [5.41, 5.74) is -0.573. The summed E-state index contributed by atoms with van der Waals surface area (Å²) >= 11 is 5.63. The quantitative estimate of drug-likeness (QED) is 0.899. The van der Waals surface area contributed by atoms with Crippen LogP contribution in [0, 0.1) is 5.92 Å². The molecule has 0 bridgehead atoms. The number of alkyl halides is 3. The minimum absolute atomic E-state index is 0.00540. The number of halogens is 4. The van der Waals surface area contributed by atoms with Gasteiger partial charge in [0.05, 0.1) is 5.56 Å². The van der Waals surface area contributed by atoms with E-state index in [2.05, 4.69) is 0 Å².